The summed E-state index contributed by atoms with van der Waals surface area (Å²) in [6.45, 7) is 0.486. The van der Waals surface area contributed by atoms with Crippen LogP contribution in [0.5, 0.6) is 11.5 Å². The number of hydrogen-bond acceptors (Lipinski definition) is 4. The molecule has 144 valence electrons. The quantitative estimate of drug-likeness (QED) is 0.482. The standard InChI is InChI=1S/C21H19ClN2O4/c1-27-18-12-19(28-2)16(11-15(18)22)23-21(26)20(25)17-9-6-10-24(17)13-14-7-4-3-5-8-14/h3-12H,13H2,1-2H3,(H,23,26). The normalized spacial score (nSPS) is 10.4. The first-order valence-electron chi connectivity index (χ1n) is 8.49. The smallest absolute Gasteiger partial charge is 0.298 e. The van der Waals surface area contributed by atoms with E-state index in [1.807, 2.05) is 30.3 Å². The molecule has 6 nitrogen and oxygen atoms in total. The van der Waals surface area contributed by atoms with Crippen molar-refractivity contribution in [2.24, 2.45) is 0 Å². The Morgan fingerprint density at radius 3 is 2.39 bits per heavy atom. The lowest BCUT2D eigenvalue weighted by molar-refractivity contribution is -0.112. The van der Waals surface area contributed by atoms with Crippen LogP contribution in [-0.2, 0) is 11.3 Å². The molecule has 0 radical (unpaired) electrons. The van der Waals surface area contributed by atoms with Gasteiger partial charge < -0.3 is 19.4 Å². The molecule has 0 aliphatic carbocycles. The van der Waals surface area contributed by atoms with Crippen molar-refractivity contribution in [1.29, 1.82) is 0 Å². The van der Waals surface area contributed by atoms with Gasteiger partial charge in [-0.1, -0.05) is 41.9 Å². The van der Waals surface area contributed by atoms with E-state index in [2.05, 4.69) is 5.32 Å². The average molecular weight is 399 g/mol. The number of nitrogens with one attached hydrogen (secondary N) is 1. The largest absolute Gasteiger partial charge is 0.495 e. The van der Waals surface area contributed by atoms with E-state index in [0.717, 1.165) is 5.56 Å². The van der Waals surface area contributed by atoms with Crippen LogP contribution >= 0.6 is 11.6 Å². The molecule has 1 heterocycles. The zero-order valence-corrected chi connectivity index (χ0v) is 16.2. The van der Waals surface area contributed by atoms with E-state index >= 15 is 0 Å². The van der Waals surface area contributed by atoms with Crippen LogP contribution in [-0.4, -0.2) is 30.5 Å². The highest BCUT2D eigenvalue weighted by atomic mass is 35.5. The molecule has 0 atom stereocenters. The maximum absolute atomic E-state index is 12.7. The molecule has 0 fully saturated rings. The van der Waals surface area contributed by atoms with Crippen molar-refractivity contribution in [2.75, 3.05) is 19.5 Å². The predicted octanol–water partition coefficient (Wildman–Crippen LogP) is 4.03. The first kappa shape index (κ1) is 19.5. The number of nitrogens with zero attached hydrogens (tertiary/aromatic N) is 1. The van der Waals surface area contributed by atoms with Crippen molar-refractivity contribution in [3.05, 3.63) is 77.1 Å². The third-order valence-corrected chi connectivity index (χ3v) is 4.48. The molecule has 0 spiro atoms. The number of ketones is 1. The van der Waals surface area contributed by atoms with Gasteiger partial charge in [-0.2, -0.15) is 0 Å². The second-order valence-electron chi connectivity index (χ2n) is 5.98. The lowest BCUT2D eigenvalue weighted by atomic mass is 10.2. The lowest BCUT2D eigenvalue weighted by Gasteiger charge is -2.13. The van der Waals surface area contributed by atoms with E-state index in [4.69, 9.17) is 21.1 Å². The number of halogens is 1. The van der Waals surface area contributed by atoms with Gasteiger partial charge in [-0.25, -0.2) is 0 Å². The molecular weight excluding hydrogens is 380 g/mol. The summed E-state index contributed by atoms with van der Waals surface area (Å²) in [5.41, 5.74) is 1.60. The van der Waals surface area contributed by atoms with Gasteiger partial charge in [0.1, 0.15) is 11.5 Å². The van der Waals surface area contributed by atoms with Gasteiger partial charge >= 0.3 is 0 Å². The molecule has 3 aromatic rings. The molecule has 0 aliphatic heterocycles. The second kappa shape index (κ2) is 8.63. The Hall–Kier alpha value is -3.25. The highest BCUT2D eigenvalue weighted by molar-refractivity contribution is 6.46. The van der Waals surface area contributed by atoms with Gasteiger partial charge in [-0.3, -0.25) is 9.59 Å². The number of aromatic nitrogens is 1. The van der Waals surface area contributed by atoms with Crippen LogP contribution in [0.4, 0.5) is 5.69 Å². The monoisotopic (exact) mass is 398 g/mol. The number of methoxy groups -OCH3 is 2. The third-order valence-electron chi connectivity index (χ3n) is 4.19. The highest BCUT2D eigenvalue weighted by Crippen LogP contribution is 2.35. The number of amides is 1. The van der Waals surface area contributed by atoms with Crippen LogP contribution in [0.1, 0.15) is 16.1 Å². The molecule has 3 rings (SSSR count). The topological polar surface area (TPSA) is 69.6 Å². The number of Topliss-reactive ketones (excluding diaryl/α,β-unsaturated/α-hetero) is 1. The van der Waals surface area contributed by atoms with E-state index in [1.165, 1.54) is 20.3 Å². The fourth-order valence-electron chi connectivity index (χ4n) is 2.79. The van der Waals surface area contributed by atoms with E-state index in [1.54, 1.807) is 29.0 Å². The minimum atomic E-state index is -0.785. The molecule has 1 N–H and O–H groups in total. The average Bonchev–Trinajstić information content (AvgIpc) is 3.16. The number of ether oxygens (including phenoxy) is 2. The summed E-state index contributed by atoms with van der Waals surface area (Å²) < 4.78 is 12.1. The molecule has 1 aromatic heterocycles. The summed E-state index contributed by atoms with van der Waals surface area (Å²) in [5, 5.41) is 2.86. The van der Waals surface area contributed by atoms with Crippen LogP contribution in [0.25, 0.3) is 0 Å². The van der Waals surface area contributed by atoms with Crippen molar-refractivity contribution in [1.82, 2.24) is 4.57 Å². The van der Waals surface area contributed by atoms with Gasteiger partial charge in [0, 0.05) is 18.8 Å². The molecule has 7 heteroatoms. The van der Waals surface area contributed by atoms with Gasteiger partial charge in [-0.05, 0) is 23.8 Å². The highest BCUT2D eigenvalue weighted by Gasteiger charge is 2.22. The summed E-state index contributed by atoms with van der Waals surface area (Å²) in [4.78, 5) is 25.2. The molecule has 0 bridgehead atoms. The number of carbonyl (C=O) groups excluding carboxylic acids is 2. The van der Waals surface area contributed by atoms with Gasteiger partial charge in [-0.15, -0.1) is 0 Å². The van der Waals surface area contributed by atoms with Gasteiger partial charge in [0.05, 0.1) is 30.6 Å². The van der Waals surface area contributed by atoms with E-state index in [9.17, 15) is 9.59 Å². The summed E-state index contributed by atoms with van der Waals surface area (Å²) in [6, 6.07) is 16.0. The summed E-state index contributed by atoms with van der Waals surface area (Å²) in [5.74, 6) is -0.705. The van der Waals surface area contributed by atoms with Gasteiger partial charge in [0.25, 0.3) is 11.7 Å². The van der Waals surface area contributed by atoms with Crippen molar-refractivity contribution in [3.63, 3.8) is 0 Å². The number of anilines is 1. The molecule has 1 amide bonds. The van der Waals surface area contributed by atoms with Crippen LogP contribution in [0.3, 0.4) is 0 Å². The molecule has 0 aliphatic rings. The van der Waals surface area contributed by atoms with Crippen molar-refractivity contribution in [2.45, 2.75) is 6.54 Å². The maximum atomic E-state index is 12.7. The second-order valence-corrected chi connectivity index (χ2v) is 6.38. The van der Waals surface area contributed by atoms with E-state index in [-0.39, 0.29) is 5.69 Å². The number of rotatable bonds is 7. The van der Waals surface area contributed by atoms with Crippen molar-refractivity contribution in [3.8, 4) is 11.5 Å². The Labute approximate surface area is 167 Å². The van der Waals surface area contributed by atoms with Crippen LogP contribution in [0.2, 0.25) is 5.02 Å². The minimum absolute atomic E-state index is 0.285. The molecule has 0 unspecified atom stereocenters. The van der Waals surface area contributed by atoms with Gasteiger partial charge in [0.2, 0.25) is 0 Å². The van der Waals surface area contributed by atoms with Crippen LogP contribution in [0, 0.1) is 0 Å². The van der Waals surface area contributed by atoms with Crippen molar-refractivity contribution >= 4 is 29.0 Å². The summed E-state index contributed by atoms with van der Waals surface area (Å²) in [6.07, 6.45) is 1.76. The van der Waals surface area contributed by atoms with Gasteiger partial charge in [0.15, 0.2) is 0 Å². The van der Waals surface area contributed by atoms with Crippen molar-refractivity contribution < 1.29 is 19.1 Å². The molecule has 28 heavy (non-hydrogen) atoms. The van der Waals surface area contributed by atoms with Crippen LogP contribution in [0.15, 0.2) is 60.8 Å². The predicted molar refractivity (Wildman–Crippen MR) is 107 cm³/mol. The summed E-state index contributed by atoms with van der Waals surface area (Å²) in [7, 11) is 2.93. The fraction of sp³-hybridized carbons (Fsp3) is 0.143. The fourth-order valence-corrected chi connectivity index (χ4v) is 3.03. The van der Waals surface area contributed by atoms with Crippen LogP contribution < -0.4 is 14.8 Å². The SMILES string of the molecule is COc1cc(OC)c(NC(=O)C(=O)c2cccn2Cc2ccccc2)cc1Cl. The Bertz CT molecular complexity index is 999. The molecule has 0 saturated carbocycles. The first-order valence-corrected chi connectivity index (χ1v) is 8.87. The van der Waals surface area contributed by atoms with E-state index < -0.39 is 11.7 Å². The number of benzene rings is 2. The Morgan fingerprint density at radius 1 is 1.00 bits per heavy atom. The molecular formula is C21H19ClN2O4. The molecule has 0 saturated heterocycles. The minimum Gasteiger partial charge on any atom is -0.495 e. The zero-order chi connectivity index (χ0) is 20.1. The maximum Gasteiger partial charge on any atom is 0.298 e. The summed E-state index contributed by atoms with van der Waals surface area (Å²) >= 11 is 6.12. The Morgan fingerprint density at radius 2 is 1.71 bits per heavy atom. The Kier molecular flexibility index (Phi) is 6.01. The zero-order valence-electron chi connectivity index (χ0n) is 15.4. The number of carbonyl (C=O) groups is 2. The van der Waals surface area contributed by atoms with E-state index in [0.29, 0.717) is 28.8 Å². The third kappa shape index (κ3) is 4.18. The number of hydrogen-bond donors (Lipinski definition) is 1. The first-order chi connectivity index (χ1) is 13.5. The molecule has 2 aromatic carbocycles. The Balaban J connectivity index is 1.80. The lowest BCUT2D eigenvalue weighted by Crippen LogP contribution is -2.25.